The van der Waals surface area contributed by atoms with Crippen molar-refractivity contribution in [2.45, 2.75) is 57.3 Å². The third-order valence-electron chi connectivity index (χ3n) is 7.81. The van der Waals surface area contributed by atoms with Crippen molar-refractivity contribution in [1.29, 1.82) is 0 Å². The first-order valence-corrected chi connectivity index (χ1v) is 10.7. The van der Waals surface area contributed by atoms with Crippen molar-refractivity contribution < 1.29 is 4.79 Å². The van der Waals surface area contributed by atoms with Gasteiger partial charge in [0.1, 0.15) is 0 Å². The number of nitrogens with one attached hydrogen (secondary N) is 1. The third kappa shape index (κ3) is 2.62. The molecule has 5 aliphatic rings. The number of nitrogens with zero attached hydrogens (tertiary/aromatic N) is 1. The SMILES string of the molecule is Cc1ccc(C23CC4CC(CC(C(=O)N5CCCNCC5)(C4)C2)C3)cc1. The van der Waals surface area contributed by atoms with Crippen LogP contribution >= 0.6 is 0 Å². The lowest BCUT2D eigenvalue weighted by Gasteiger charge is -2.62. The normalized spacial score (nSPS) is 39.0. The summed E-state index contributed by atoms with van der Waals surface area (Å²) in [7, 11) is 0. The van der Waals surface area contributed by atoms with E-state index in [1.54, 1.807) is 0 Å². The summed E-state index contributed by atoms with van der Waals surface area (Å²) in [5.74, 6) is 2.00. The fourth-order valence-electron chi connectivity index (χ4n) is 7.14. The molecule has 4 saturated carbocycles. The molecule has 1 aromatic rings. The number of hydrogen-bond donors (Lipinski definition) is 1. The summed E-state index contributed by atoms with van der Waals surface area (Å²) in [5.41, 5.74) is 3.03. The van der Waals surface area contributed by atoms with Gasteiger partial charge in [0.2, 0.25) is 5.91 Å². The number of carbonyl (C=O) groups is 1. The van der Waals surface area contributed by atoms with Gasteiger partial charge in [-0.05, 0) is 81.2 Å². The molecule has 26 heavy (non-hydrogen) atoms. The molecule has 1 amide bonds. The molecule has 1 saturated heterocycles. The molecule has 0 spiro atoms. The first kappa shape index (κ1) is 16.8. The third-order valence-corrected chi connectivity index (χ3v) is 7.81. The molecule has 4 aliphatic carbocycles. The molecule has 1 aromatic carbocycles. The highest BCUT2D eigenvalue weighted by molar-refractivity contribution is 5.83. The van der Waals surface area contributed by atoms with Crippen molar-refractivity contribution in [3.63, 3.8) is 0 Å². The Morgan fingerprint density at radius 1 is 1.04 bits per heavy atom. The number of rotatable bonds is 2. The zero-order chi connectivity index (χ0) is 17.8. The molecule has 0 radical (unpaired) electrons. The standard InChI is InChI=1S/C23H32N2O/c1-17-3-5-20(6-4-17)22-12-18-11-19(13-22)15-23(14-18,16-22)21(26)25-9-2-7-24-8-10-25/h3-6,18-19,24H,2,7-16H2,1H3. The first-order chi connectivity index (χ1) is 12.6. The van der Waals surface area contributed by atoms with E-state index in [-0.39, 0.29) is 10.8 Å². The van der Waals surface area contributed by atoms with Gasteiger partial charge in [0.15, 0.2) is 0 Å². The van der Waals surface area contributed by atoms with Crippen LogP contribution in [0, 0.1) is 24.2 Å². The molecule has 0 aromatic heterocycles. The Bertz CT molecular complexity index is 673. The number of aryl methyl sites for hydroxylation is 1. The van der Waals surface area contributed by atoms with Crippen LogP contribution < -0.4 is 5.32 Å². The van der Waals surface area contributed by atoms with Crippen LogP contribution in [0.3, 0.4) is 0 Å². The van der Waals surface area contributed by atoms with E-state index >= 15 is 0 Å². The fourth-order valence-corrected chi connectivity index (χ4v) is 7.14. The van der Waals surface area contributed by atoms with Crippen LogP contribution in [-0.4, -0.2) is 37.0 Å². The van der Waals surface area contributed by atoms with Gasteiger partial charge in [-0.25, -0.2) is 0 Å². The Morgan fingerprint density at radius 2 is 1.77 bits per heavy atom. The molecule has 4 bridgehead atoms. The maximum absolute atomic E-state index is 13.7. The number of hydrogen-bond acceptors (Lipinski definition) is 2. The fraction of sp³-hybridized carbons (Fsp3) is 0.696. The Kier molecular flexibility index (Phi) is 3.93. The second kappa shape index (κ2) is 6.09. The van der Waals surface area contributed by atoms with Crippen LogP contribution in [0.2, 0.25) is 0 Å². The number of amides is 1. The van der Waals surface area contributed by atoms with E-state index in [9.17, 15) is 4.79 Å². The summed E-state index contributed by atoms with van der Waals surface area (Å²) < 4.78 is 0. The minimum Gasteiger partial charge on any atom is -0.341 e. The van der Waals surface area contributed by atoms with Gasteiger partial charge in [-0.15, -0.1) is 0 Å². The van der Waals surface area contributed by atoms with Gasteiger partial charge >= 0.3 is 0 Å². The lowest BCUT2D eigenvalue weighted by molar-refractivity contribution is -0.160. The minimum absolute atomic E-state index is 0.0701. The van der Waals surface area contributed by atoms with Crippen molar-refractivity contribution in [1.82, 2.24) is 10.2 Å². The highest BCUT2D eigenvalue weighted by Gasteiger charge is 2.61. The number of carbonyl (C=O) groups excluding carboxylic acids is 1. The Labute approximate surface area is 157 Å². The molecule has 6 rings (SSSR count). The molecular weight excluding hydrogens is 320 g/mol. The summed E-state index contributed by atoms with van der Waals surface area (Å²) >= 11 is 0. The van der Waals surface area contributed by atoms with E-state index in [1.165, 1.54) is 30.4 Å². The Morgan fingerprint density at radius 3 is 2.50 bits per heavy atom. The average molecular weight is 353 g/mol. The highest BCUT2D eigenvalue weighted by atomic mass is 16.2. The highest BCUT2D eigenvalue weighted by Crippen LogP contribution is 2.66. The van der Waals surface area contributed by atoms with E-state index in [4.69, 9.17) is 0 Å². The summed E-state index contributed by atoms with van der Waals surface area (Å²) in [6, 6.07) is 9.25. The van der Waals surface area contributed by atoms with E-state index in [0.717, 1.165) is 63.7 Å². The van der Waals surface area contributed by atoms with E-state index in [2.05, 4.69) is 41.4 Å². The predicted molar refractivity (Wildman–Crippen MR) is 104 cm³/mol. The van der Waals surface area contributed by atoms with Crippen molar-refractivity contribution in [2.24, 2.45) is 17.3 Å². The predicted octanol–water partition coefficient (Wildman–Crippen LogP) is 3.65. The average Bonchev–Trinajstić information content (AvgIpc) is 2.89. The van der Waals surface area contributed by atoms with E-state index < -0.39 is 0 Å². The largest absolute Gasteiger partial charge is 0.341 e. The number of benzene rings is 1. The molecule has 1 N–H and O–H groups in total. The van der Waals surface area contributed by atoms with Gasteiger partial charge in [-0.3, -0.25) is 4.79 Å². The van der Waals surface area contributed by atoms with Crippen LogP contribution in [0.25, 0.3) is 0 Å². The van der Waals surface area contributed by atoms with Crippen molar-refractivity contribution in [3.8, 4) is 0 Å². The maximum Gasteiger partial charge on any atom is 0.228 e. The van der Waals surface area contributed by atoms with Crippen LogP contribution in [0.15, 0.2) is 24.3 Å². The van der Waals surface area contributed by atoms with Gasteiger partial charge in [0.25, 0.3) is 0 Å². The summed E-state index contributed by atoms with van der Waals surface area (Å²) in [6.45, 7) is 6.02. The quantitative estimate of drug-likeness (QED) is 0.881. The van der Waals surface area contributed by atoms with Crippen LogP contribution in [0.5, 0.6) is 0 Å². The molecular formula is C23H32N2O. The van der Waals surface area contributed by atoms with Crippen LogP contribution in [0.1, 0.15) is 56.1 Å². The summed E-state index contributed by atoms with van der Waals surface area (Å²) in [6.07, 6.45) is 8.48. The molecule has 3 heteroatoms. The molecule has 5 fully saturated rings. The van der Waals surface area contributed by atoms with Gasteiger partial charge in [0.05, 0.1) is 5.41 Å². The first-order valence-electron chi connectivity index (χ1n) is 10.7. The molecule has 140 valence electrons. The second-order valence-corrected chi connectivity index (χ2v) is 9.78. The van der Waals surface area contributed by atoms with E-state index in [0.29, 0.717) is 5.91 Å². The van der Waals surface area contributed by atoms with Crippen LogP contribution in [0.4, 0.5) is 0 Å². The van der Waals surface area contributed by atoms with Gasteiger partial charge in [0, 0.05) is 19.6 Å². The molecule has 3 nitrogen and oxygen atoms in total. The van der Waals surface area contributed by atoms with Gasteiger partial charge in [-0.1, -0.05) is 29.8 Å². The Balaban J connectivity index is 1.48. The van der Waals surface area contributed by atoms with Gasteiger partial charge in [-0.2, -0.15) is 0 Å². The van der Waals surface area contributed by atoms with Crippen LogP contribution in [-0.2, 0) is 10.2 Å². The molecule has 1 heterocycles. The van der Waals surface area contributed by atoms with Crippen molar-refractivity contribution in [2.75, 3.05) is 26.2 Å². The van der Waals surface area contributed by atoms with E-state index in [1.807, 2.05) is 0 Å². The Hall–Kier alpha value is -1.35. The lowest BCUT2D eigenvalue weighted by Crippen LogP contribution is -2.59. The monoisotopic (exact) mass is 352 g/mol. The van der Waals surface area contributed by atoms with Crippen molar-refractivity contribution in [3.05, 3.63) is 35.4 Å². The van der Waals surface area contributed by atoms with Crippen molar-refractivity contribution >= 4 is 5.91 Å². The molecule has 2 unspecified atom stereocenters. The van der Waals surface area contributed by atoms with Gasteiger partial charge < -0.3 is 10.2 Å². The minimum atomic E-state index is -0.0701. The second-order valence-electron chi connectivity index (χ2n) is 9.78. The molecule has 2 atom stereocenters. The smallest absolute Gasteiger partial charge is 0.228 e. The topological polar surface area (TPSA) is 32.3 Å². The lowest BCUT2D eigenvalue weighted by atomic mass is 9.42. The zero-order valence-corrected chi connectivity index (χ0v) is 16.1. The zero-order valence-electron chi connectivity index (χ0n) is 16.1. The summed E-state index contributed by atoms with van der Waals surface area (Å²) in [4.78, 5) is 15.9. The summed E-state index contributed by atoms with van der Waals surface area (Å²) in [5, 5.41) is 3.45. The maximum atomic E-state index is 13.7. The molecule has 1 aliphatic heterocycles.